The van der Waals surface area contributed by atoms with Crippen LogP contribution in [0.3, 0.4) is 0 Å². The minimum atomic E-state index is -1.81. The maximum absolute atomic E-state index is 12.2. The van der Waals surface area contributed by atoms with Gasteiger partial charge in [0.1, 0.15) is 6.10 Å². The molecule has 0 amide bonds. The fourth-order valence-corrected chi connectivity index (χ4v) is 3.29. The fraction of sp³-hybridized carbons (Fsp3) is 0.929. The lowest BCUT2D eigenvalue weighted by molar-refractivity contribution is -0.190. The quantitative estimate of drug-likeness (QED) is 0.730. The predicted octanol–water partition coefficient (Wildman–Crippen LogP) is 0.534. The second kappa shape index (κ2) is 5.38. The third-order valence-corrected chi connectivity index (χ3v) is 4.65. The summed E-state index contributed by atoms with van der Waals surface area (Å²) in [7, 11) is 0. The molecule has 0 radical (unpaired) electrons. The van der Waals surface area contributed by atoms with Gasteiger partial charge in [-0.15, -0.1) is 0 Å². The van der Waals surface area contributed by atoms with Gasteiger partial charge >= 0.3 is 5.97 Å². The molecule has 4 atom stereocenters. The molecule has 19 heavy (non-hydrogen) atoms. The SMILES string of the molecule is CC(C)[C@](O)(C(=O)O[C@@H]1CCN2CCC[C@H]12)[C@@H](C)O. The van der Waals surface area contributed by atoms with Gasteiger partial charge in [0.25, 0.3) is 0 Å². The maximum atomic E-state index is 12.2. The van der Waals surface area contributed by atoms with Crippen molar-refractivity contribution in [2.24, 2.45) is 5.92 Å². The number of fused-ring (bicyclic) bond motifs is 1. The van der Waals surface area contributed by atoms with Crippen LogP contribution in [0.15, 0.2) is 0 Å². The van der Waals surface area contributed by atoms with Crippen LogP contribution in [0.2, 0.25) is 0 Å². The van der Waals surface area contributed by atoms with Gasteiger partial charge < -0.3 is 14.9 Å². The molecule has 0 spiro atoms. The van der Waals surface area contributed by atoms with E-state index in [-0.39, 0.29) is 12.0 Å². The number of nitrogens with zero attached hydrogens (tertiary/aromatic N) is 1. The summed E-state index contributed by atoms with van der Waals surface area (Å²) in [5.41, 5.74) is -1.81. The van der Waals surface area contributed by atoms with Crippen LogP contribution < -0.4 is 0 Å². The lowest BCUT2D eigenvalue weighted by atomic mass is 9.85. The average molecular weight is 271 g/mol. The highest BCUT2D eigenvalue weighted by Crippen LogP contribution is 2.32. The Hall–Kier alpha value is -0.650. The molecule has 0 unspecified atom stereocenters. The Morgan fingerprint density at radius 1 is 1.32 bits per heavy atom. The normalized spacial score (nSPS) is 32.1. The van der Waals surface area contributed by atoms with Crippen molar-refractivity contribution < 1.29 is 19.7 Å². The van der Waals surface area contributed by atoms with Crippen molar-refractivity contribution in [3.8, 4) is 0 Å². The Balaban J connectivity index is 2.04. The fourth-order valence-electron chi connectivity index (χ4n) is 3.29. The average Bonchev–Trinajstić information content (AvgIpc) is 2.92. The lowest BCUT2D eigenvalue weighted by Crippen LogP contribution is -2.54. The van der Waals surface area contributed by atoms with Gasteiger partial charge in [0.05, 0.1) is 6.10 Å². The number of carbonyl (C=O) groups is 1. The Morgan fingerprint density at radius 2 is 2.00 bits per heavy atom. The topological polar surface area (TPSA) is 70.0 Å². The third kappa shape index (κ3) is 2.51. The molecule has 0 aromatic rings. The van der Waals surface area contributed by atoms with Gasteiger partial charge in [-0.3, -0.25) is 4.90 Å². The zero-order chi connectivity index (χ0) is 14.2. The molecule has 2 heterocycles. The molecular weight excluding hydrogens is 246 g/mol. The van der Waals surface area contributed by atoms with E-state index in [1.807, 2.05) is 0 Å². The summed E-state index contributed by atoms with van der Waals surface area (Å²) in [6.45, 7) is 6.88. The van der Waals surface area contributed by atoms with E-state index < -0.39 is 17.7 Å². The second-order valence-electron chi connectivity index (χ2n) is 6.13. The smallest absolute Gasteiger partial charge is 0.341 e. The molecule has 2 rings (SSSR count). The first-order chi connectivity index (χ1) is 8.87. The van der Waals surface area contributed by atoms with Crippen LogP contribution in [0.1, 0.15) is 40.0 Å². The molecule has 2 aliphatic rings. The van der Waals surface area contributed by atoms with Crippen LogP contribution >= 0.6 is 0 Å². The number of hydrogen-bond acceptors (Lipinski definition) is 5. The van der Waals surface area contributed by atoms with E-state index >= 15 is 0 Å². The second-order valence-corrected chi connectivity index (χ2v) is 6.13. The van der Waals surface area contributed by atoms with Crippen molar-refractivity contribution in [2.75, 3.05) is 13.1 Å². The predicted molar refractivity (Wildman–Crippen MR) is 70.6 cm³/mol. The Morgan fingerprint density at radius 3 is 2.58 bits per heavy atom. The number of carbonyl (C=O) groups excluding carboxylic acids is 1. The molecule has 0 saturated carbocycles. The van der Waals surface area contributed by atoms with E-state index in [0.717, 1.165) is 32.4 Å². The summed E-state index contributed by atoms with van der Waals surface area (Å²) in [6.07, 6.45) is 1.74. The van der Waals surface area contributed by atoms with Crippen LogP contribution in [-0.2, 0) is 9.53 Å². The molecule has 2 saturated heterocycles. The number of esters is 1. The largest absolute Gasteiger partial charge is 0.458 e. The molecule has 5 heteroatoms. The van der Waals surface area contributed by atoms with E-state index in [1.165, 1.54) is 6.92 Å². The van der Waals surface area contributed by atoms with Crippen LogP contribution in [0.4, 0.5) is 0 Å². The highest BCUT2D eigenvalue weighted by molar-refractivity contribution is 5.80. The number of ether oxygens (including phenoxy) is 1. The summed E-state index contributed by atoms with van der Waals surface area (Å²) in [5, 5.41) is 20.1. The maximum Gasteiger partial charge on any atom is 0.341 e. The van der Waals surface area contributed by atoms with Crippen molar-refractivity contribution >= 4 is 5.97 Å². The number of aliphatic hydroxyl groups is 2. The molecule has 0 aromatic heterocycles. The van der Waals surface area contributed by atoms with Gasteiger partial charge in [0.2, 0.25) is 0 Å². The minimum Gasteiger partial charge on any atom is -0.458 e. The summed E-state index contributed by atoms with van der Waals surface area (Å²) in [6, 6.07) is 0.300. The Bertz CT molecular complexity index is 334. The summed E-state index contributed by atoms with van der Waals surface area (Å²) in [5.74, 6) is -1.07. The first-order valence-electron chi connectivity index (χ1n) is 7.23. The summed E-state index contributed by atoms with van der Waals surface area (Å²) in [4.78, 5) is 14.6. The van der Waals surface area contributed by atoms with Crippen molar-refractivity contribution in [3.63, 3.8) is 0 Å². The lowest BCUT2D eigenvalue weighted by Gasteiger charge is -2.34. The molecule has 0 bridgehead atoms. The van der Waals surface area contributed by atoms with Gasteiger partial charge in [-0.25, -0.2) is 4.79 Å². The van der Waals surface area contributed by atoms with Crippen molar-refractivity contribution in [3.05, 3.63) is 0 Å². The van der Waals surface area contributed by atoms with E-state index in [2.05, 4.69) is 4.90 Å². The molecule has 110 valence electrons. The molecule has 2 fully saturated rings. The first kappa shape index (κ1) is 14.8. The first-order valence-corrected chi connectivity index (χ1v) is 7.23. The van der Waals surface area contributed by atoms with Crippen LogP contribution in [0.25, 0.3) is 0 Å². The monoisotopic (exact) mass is 271 g/mol. The zero-order valence-electron chi connectivity index (χ0n) is 12.0. The number of rotatable bonds is 4. The van der Waals surface area contributed by atoms with Gasteiger partial charge in [0, 0.05) is 12.6 Å². The van der Waals surface area contributed by atoms with Gasteiger partial charge in [-0.1, -0.05) is 13.8 Å². The van der Waals surface area contributed by atoms with Gasteiger partial charge in [-0.2, -0.15) is 0 Å². The van der Waals surface area contributed by atoms with Gasteiger partial charge in [-0.05, 0) is 38.6 Å². The zero-order valence-corrected chi connectivity index (χ0v) is 12.0. The standard InChI is InChI=1S/C14H25NO4/c1-9(2)14(18,10(3)16)13(17)19-12-6-8-15-7-4-5-11(12)15/h9-12,16,18H,4-8H2,1-3H3/t10-,11-,12-,14-/m1/s1. The molecular formula is C14H25NO4. The molecule has 2 aliphatic heterocycles. The van der Waals surface area contributed by atoms with E-state index in [0.29, 0.717) is 6.04 Å². The van der Waals surface area contributed by atoms with E-state index in [1.54, 1.807) is 13.8 Å². The Kier molecular flexibility index (Phi) is 4.18. The van der Waals surface area contributed by atoms with Crippen LogP contribution in [0, 0.1) is 5.92 Å². The summed E-state index contributed by atoms with van der Waals surface area (Å²) < 4.78 is 5.52. The van der Waals surface area contributed by atoms with Crippen molar-refractivity contribution in [1.82, 2.24) is 4.90 Å². The Labute approximate surface area is 114 Å². The minimum absolute atomic E-state index is 0.140. The third-order valence-electron chi connectivity index (χ3n) is 4.65. The molecule has 0 aliphatic carbocycles. The van der Waals surface area contributed by atoms with E-state index in [4.69, 9.17) is 4.74 Å². The molecule has 2 N–H and O–H groups in total. The van der Waals surface area contributed by atoms with Crippen LogP contribution in [0.5, 0.6) is 0 Å². The summed E-state index contributed by atoms with van der Waals surface area (Å²) >= 11 is 0. The highest BCUT2D eigenvalue weighted by Gasteiger charge is 2.48. The van der Waals surface area contributed by atoms with E-state index in [9.17, 15) is 15.0 Å². The number of aliphatic hydroxyl groups excluding tert-OH is 1. The van der Waals surface area contributed by atoms with Crippen LogP contribution in [-0.4, -0.2) is 58.0 Å². The van der Waals surface area contributed by atoms with Gasteiger partial charge in [0.15, 0.2) is 5.60 Å². The van der Waals surface area contributed by atoms with Crippen molar-refractivity contribution in [1.29, 1.82) is 0 Å². The highest BCUT2D eigenvalue weighted by atomic mass is 16.6. The number of hydrogen-bond donors (Lipinski definition) is 2. The van der Waals surface area contributed by atoms with Crippen molar-refractivity contribution in [2.45, 2.75) is 63.9 Å². The molecule has 0 aromatic carbocycles. The molecule has 5 nitrogen and oxygen atoms in total.